The van der Waals surface area contributed by atoms with Gasteiger partial charge >= 0.3 is 0 Å². The van der Waals surface area contributed by atoms with E-state index in [4.69, 9.17) is 5.73 Å². The molecule has 1 heterocycles. The zero-order valence-corrected chi connectivity index (χ0v) is 12.5. The summed E-state index contributed by atoms with van der Waals surface area (Å²) in [4.78, 5) is 4.60. The van der Waals surface area contributed by atoms with Gasteiger partial charge in [-0.15, -0.1) is 0 Å². The van der Waals surface area contributed by atoms with Crippen LogP contribution in [0.25, 0.3) is 0 Å². The molecule has 0 aliphatic rings. The number of aryl methyl sites for hydroxylation is 1. The first kappa shape index (κ1) is 14.7. The maximum atomic E-state index is 11.4. The van der Waals surface area contributed by atoms with Gasteiger partial charge in [-0.25, -0.2) is 13.4 Å². The molecule has 0 saturated heterocycles. The Hall–Kier alpha value is -1.66. The van der Waals surface area contributed by atoms with Crippen molar-refractivity contribution < 1.29 is 8.42 Å². The SMILES string of the molecule is CCCn1ccnc1C(N)c1ccc(S(C)(=O)=O)cc1. The molecule has 0 aliphatic carbocycles. The first-order valence-electron chi connectivity index (χ1n) is 6.50. The van der Waals surface area contributed by atoms with E-state index in [-0.39, 0.29) is 6.04 Å². The predicted octanol–water partition coefficient (Wildman–Crippen LogP) is 1.74. The molecule has 0 spiro atoms. The average molecular weight is 293 g/mol. The maximum absolute atomic E-state index is 11.4. The molecule has 108 valence electrons. The Morgan fingerprint density at radius 2 is 1.95 bits per heavy atom. The maximum Gasteiger partial charge on any atom is 0.175 e. The Morgan fingerprint density at radius 3 is 2.50 bits per heavy atom. The highest BCUT2D eigenvalue weighted by Gasteiger charge is 2.15. The molecule has 0 aliphatic heterocycles. The molecule has 0 bridgehead atoms. The molecule has 5 nitrogen and oxygen atoms in total. The quantitative estimate of drug-likeness (QED) is 0.911. The third-order valence-electron chi connectivity index (χ3n) is 3.16. The first-order valence-corrected chi connectivity index (χ1v) is 8.39. The van der Waals surface area contributed by atoms with Gasteiger partial charge in [0.1, 0.15) is 5.82 Å². The molecule has 0 radical (unpaired) electrons. The fourth-order valence-electron chi connectivity index (χ4n) is 2.10. The molecule has 6 heteroatoms. The van der Waals surface area contributed by atoms with E-state index in [1.54, 1.807) is 30.5 Å². The summed E-state index contributed by atoms with van der Waals surface area (Å²) in [5, 5.41) is 0. The zero-order valence-electron chi connectivity index (χ0n) is 11.7. The van der Waals surface area contributed by atoms with E-state index in [9.17, 15) is 8.42 Å². The summed E-state index contributed by atoms with van der Waals surface area (Å²) in [6.07, 6.45) is 5.83. The van der Waals surface area contributed by atoms with Gasteiger partial charge in [-0.05, 0) is 24.1 Å². The monoisotopic (exact) mass is 293 g/mol. The number of hydrogen-bond acceptors (Lipinski definition) is 4. The number of imidazole rings is 1. The topological polar surface area (TPSA) is 78.0 Å². The average Bonchev–Trinajstić information content (AvgIpc) is 2.86. The number of sulfone groups is 1. The largest absolute Gasteiger partial charge is 0.333 e. The first-order chi connectivity index (χ1) is 9.43. The molecule has 1 aromatic carbocycles. The summed E-state index contributed by atoms with van der Waals surface area (Å²) in [6.45, 7) is 2.96. The lowest BCUT2D eigenvalue weighted by Gasteiger charge is -2.14. The second-order valence-electron chi connectivity index (χ2n) is 4.80. The number of nitrogens with zero attached hydrogens (tertiary/aromatic N) is 2. The van der Waals surface area contributed by atoms with E-state index < -0.39 is 9.84 Å². The lowest BCUT2D eigenvalue weighted by molar-refractivity contribution is 0.601. The summed E-state index contributed by atoms with van der Waals surface area (Å²) in [5.74, 6) is 0.791. The second-order valence-corrected chi connectivity index (χ2v) is 6.81. The molecule has 0 amide bonds. The smallest absolute Gasteiger partial charge is 0.175 e. The van der Waals surface area contributed by atoms with Gasteiger partial charge in [-0.1, -0.05) is 19.1 Å². The Bertz CT molecular complexity index is 675. The fourth-order valence-corrected chi connectivity index (χ4v) is 2.73. The van der Waals surface area contributed by atoms with Gasteiger partial charge in [0.05, 0.1) is 10.9 Å². The summed E-state index contributed by atoms with van der Waals surface area (Å²) in [5.41, 5.74) is 7.07. The van der Waals surface area contributed by atoms with E-state index in [0.717, 1.165) is 24.4 Å². The van der Waals surface area contributed by atoms with Crippen LogP contribution >= 0.6 is 0 Å². The molecule has 0 saturated carbocycles. The highest BCUT2D eigenvalue weighted by molar-refractivity contribution is 7.90. The third kappa shape index (κ3) is 3.08. The van der Waals surface area contributed by atoms with Crippen LogP contribution in [0.4, 0.5) is 0 Å². The van der Waals surface area contributed by atoms with Crippen LogP contribution in [0.15, 0.2) is 41.6 Å². The molecule has 0 fully saturated rings. The van der Waals surface area contributed by atoms with E-state index in [0.29, 0.717) is 4.90 Å². The highest BCUT2D eigenvalue weighted by Crippen LogP contribution is 2.20. The van der Waals surface area contributed by atoms with Gasteiger partial charge in [0, 0.05) is 25.2 Å². The second kappa shape index (κ2) is 5.76. The minimum atomic E-state index is -3.18. The lowest BCUT2D eigenvalue weighted by atomic mass is 10.1. The number of aromatic nitrogens is 2. The van der Waals surface area contributed by atoms with Crippen LogP contribution in [0.1, 0.15) is 30.8 Å². The van der Waals surface area contributed by atoms with Crippen molar-refractivity contribution in [2.75, 3.05) is 6.26 Å². The van der Waals surface area contributed by atoms with E-state index >= 15 is 0 Å². The van der Waals surface area contributed by atoms with Crippen LogP contribution in [0.3, 0.4) is 0 Å². The normalized spacial score (nSPS) is 13.3. The van der Waals surface area contributed by atoms with Crippen LogP contribution in [-0.4, -0.2) is 24.2 Å². The predicted molar refractivity (Wildman–Crippen MR) is 78.1 cm³/mol. The Balaban J connectivity index is 2.29. The van der Waals surface area contributed by atoms with Crippen LogP contribution in [0.5, 0.6) is 0 Å². The third-order valence-corrected chi connectivity index (χ3v) is 4.29. The Labute approximate surface area is 119 Å². The molecular weight excluding hydrogens is 274 g/mol. The molecule has 1 atom stereocenters. The van der Waals surface area contributed by atoms with Crippen molar-refractivity contribution in [1.82, 2.24) is 9.55 Å². The van der Waals surface area contributed by atoms with Gasteiger partial charge in [0.15, 0.2) is 9.84 Å². The number of benzene rings is 1. The number of hydrogen-bond donors (Lipinski definition) is 1. The van der Waals surface area contributed by atoms with E-state index in [1.807, 2.05) is 10.8 Å². The molecule has 1 aromatic heterocycles. The van der Waals surface area contributed by atoms with Crippen LogP contribution in [0, 0.1) is 0 Å². The fraction of sp³-hybridized carbons (Fsp3) is 0.357. The van der Waals surface area contributed by atoms with Crippen molar-refractivity contribution in [2.24, 2.45) is 5.73 Å². The Kier molecular flexibility index (Phi) is 4.25. The standard InChI is InChI=1S/C14H19N3O2S/c1-3-9-17-10-8-16-14(17)13(15)11-4-6-12(7-5-11)20(2,18)19/h4-8,10,13H,3,9,15H2,1-2H3. The molecular formula is C14H19N3O2S. The molecule has 20 heavy (non-hydrogen) atoms. The number of rotatable bonds is 5. The minimum Gasteiger partial charge on any atom is -0.333 e. The molecule has 2 N–H and O–H groups in total. The zero-order chi connectivity index (χ0) is 14.8. The minimum absolute atomic E-state index is 0.297. The summed E-state index contributed by atoms with van der Waals surface area (Å²) >= 11 is 0. The van der Waals surface area contributed by atoms with Crippen LogP contribution < -0.4 is 5.73 Å². The van der Waals surface area contributed by atoms with Crippen molar-refractivity contribution in [1.29, 1.82) is 0 Å². The summed E-state index contributed by atoms with van der Waals surface area (Å²) < 4.78 is 24.9. The molecule has 2 aromatic rings. The lowest BCUT2D eigenvalue weighted by Crippen LogP contribution is -2.18. The van der Waals surface area contributed by atoms with Crippen LogP contribution in [0.2, 0.25) is 0 Å². The van der Waals surface area contributed by atoms with Gasteiger partial charge in [0.25, 0.3) is 0 Å². The van der Waals surface area contributed by atoms with Gasteiger partial charge in [0.2, 0.25) is 0 Å². The molecule has 1 unspecified atom stereocenters. The summed E-state index contributed by atoms with van der Waals surface area (Å²) in [6, 6.07) is 6.29. The van der Waals surface area contributed by atoms with Crippen molar-refractivity contribution in [3.05, 3.63) is 48.0 Å². The summed E-state index contributed by atoms with van der Waals surface area (Å²) in [7, 11) is -3.18. The van der Waals surface area contributed by atoms with Crippen LogP contribution in [-0.2, 0) is 16.4 Å². The van der Waals surface area contributed by atoms with E-state index in [1.165, 1.54) is 6.26 Å². The van der Waals surface area contributed by atoms with Crippen molar-refractivity contribution in [3.8, 4) is 0 Å². The Morgan fingerprint density at radius 1 is 1.30 bits per heavy atom. The molecule has 2 rings (SSSR count). The van der Waals surface area contributed by atoms with E-state index in [2.05, 4.69) is 11.9 Å². The van der Waals surface area contributed by atoms with Crippen molar-refractivity contribution in [3.63, 3.8) is 0 Å². The van der Waals surface area contributed by atoms with Gasteiger partial charge in [-0.3, -0.25) is 0 Å². The highest BCUT2D eigenvalue weighted by atomic mass is 32.2. The van der Waals surface area contributed by atoms with Crippen molar-refractivity contribution >= 4 is 9.84 Å². The van der Waals surface area contributed by atoms with Crippen molar-refractivity contribution in [2.45, 2.75) is 30.8 Å². The van der Waals surface area contributed by atoms with Gasteiger partial charge in [-0.2, -0.15) is 0 Å². The van der Waals surface area contributed by atoms with Gasteiger partial charge < -0.3 is 10.3 Å². The number of nitrogens with two attached hydrogens (primary N) is 1.